The average molecular weight is 573 g/mol. The normalized spacial score (nSPS) is 16.4. The van der Waals surface area contributed by atoms with Gasteiger partial charge < -0.3 is 20.3 Å². The number of amides is 2. The third kappa shape index (κ3) is 5.63. The molecular weight excluding hydrogens is 536 g/mol. The van der Waals surface area contributed by atoms with Crippen LogP contribution in [0.1, 0.15) is 42.0 Å². The van der Waals surface area contributed by atoms with Gasteiger partial charge in [0.2, 0.25) is 0 Å². The monoisotopic (exact) mass is 572 g/mol. The number of benzene rings is 3. The fourth-order valence-electron chi connectivity index (χ4n) is 6.13. The minimum atomic E-state index is -0.530. The van der Waals surface area contributed by atoms with Gasteiger partial charge in [-0.05, 0) is 66.6 Å². The summed E-state index contributed by atoms with van der Waals surface area (Å²) < 4.78 is 0. The van der Waals surface area contributed by atoms with Crippen LogP contribution >= 0.6 is 0 Å². The van der Waals surface area contributed by atoms with E-state index in [0.29, 0.717) is 18.9 Å². The number of urea groups is 1. The third-order valence-electron chi connectivity index (χ3n) is 8.92. The number of aromatic amines is 1. The van der Waals surface area contributed by atoms with Crippen molar-refractivity contribution in [1.29, 1.82) is 0 Å². The molecule has 8 nitrogen and oxygen atoms in total. The molecule has 0 spiro atoms. The van der Waals surface area contributed by atoms with Crippen LogP contribution in [0.15, 0.2) is 79.0 Å². The molecule has 0 bridgehead atoms. The summed E-state index contributed by atoms with van der Waals surface area (Å²) in [6.45, 7) is 7.87. The Bertz CT molecular complexity index is 1770. The van der Waals surface area contributed by atoms with Crippen molar-refractivity contribution in [3.8, 4) is 22.6 Å². The highest BCUT2D eigenvalue weighted by Crippen LogP contribution is 2.30. The van der Waals surface area contributed by atoms with Crippen molar-refractivity contribution in [1.82, 2.24) is 24.8 Å². The second-order valence-corrected chi connectivity index (χ2v) is 12.2. The van der Waals surface area contributed by atoms with Crippen molar-refractivity contribution < 1.29 is 9.90 Å². The van der Waals surface area contributed by atoms with E-state index in [9.17, 15) is 9.90 Å². The average Bonchev–Trinajstić information content (AvgIpc) is 3.64. The molecule has 0 unspecified atom stereocenters. The van der Waals surface area contributed by atoms with Gasteiger partial charge in [-0.2, -0.15) is 0 Å². The molecule has 0 radical (unpaired) electrons. The van der Waals surface area contributed by atoms with E-state index in [1.54, 1.807) is 0 Å². The van der Waals surface area contributed by atoms with Crippen LogP contribution in [0.5, 0.6) is 0 Å². The minimum absolute atomic E-state index is 0.114. The Balaban J connectivity index is 1.06. The lowest BCUT2D eigenvalue weighted by atomic mass is 9.93. The summed E-state index contributed by atoms with van der Waals surface area (Å²) in [5.74, 6) is 0.610. The number of hydrogen-bond acceptors (Lipinski definition) is 5. The zero-order valence-electron chi connectivity index (χ0n) is 24.6. The van der Waals surface area contributed by atoms with Crippen LogP contribution in [0.3, 0.4) is 0 Å². The number of piperidine rings is 1. The van der Waals surface area contributed by atoms with Crippen LogP contribution in [0, 0.1) is 6.92 Å². The molecule has 4 heterocycles. The number of aromatic nitrogens is 3. The van der Waals surface area contributed by atoms with E-state index in [2.05, 4.69) is 62.6 Å². The van der Waals surface area contributed by atoms with Gasteiger partial charge in [-0.25, -0.2) is 14.8 Å². The van der Waals surface area contributed by atoms with E-state index in [4.69, 9.17) is 4.98 Å². The van der Waals surface area contributed by atoms with Crippen LogP contribution in [-0.2, 0) is 19.6 Å². The molecule has 3 aromatic carbocycles. The van der Waals surface area contributed by atoms with Crippen molar-refractivity contribution in [2.75, 3.05) is 18.4 Å². The summed E-state index contributed by atoms with van der Waals surface area (Å²) in [7, 11) is 0. The van der Waals surface area contributed by atoms with E-state index in [1.807, 2.05) is 55.3 Å². The standard InChI is InChI=1S/C35H36N6O2/c1-23-29(8-5-9-30(23)38-34(42)41-21-26-6-3-4-7-27(26)22-41)33-36-19-28-18-31(37-32(28)39-33)25-12-10-24(11-13-25)20-40-16-14-35(2,43)15-17-40/h3-13,18-19,43H,14-17,20-22H2,1-2H3,(H,38,42)(H,36,37,39). The lowest BCUT2D eigenvalue weighted by molar-refractivity contribution is -0.00730. The van der Waals surface area contributed by atoms with Crippen LogP contribution in [0.2, 0.25) is 0 Å². The van der Waals surface area contributed by atoms with Gasteiger partial charge in [0.05, 0.1) is 5.60 Å². The number of fused-ring (bicyclic) bond motifs is 2. The SMILES string of the molecule is Cc1c(NC(=O)N2Cc3ccccc3C2)cccc1-c1ncc2cc(-c3ccc(CN4CCC(C)(O)CC4)cc3)[nH]c2n1. The second-order valence-electron chi connectivity index (χ2n) is 12.2. The predicted molar refractivity (Wildman–Crippen MR) is 169 cm³/mol. The van der Waals surface area contributed by atoms with Crippen molar-refractivity contribution in [2.45, 2.75) is 51.9 Å². The Labute approximate surface area is 251 Å². The number of hydrogen-bond donors (Lipinski definition) is 3. The lowest BCUT2D eigenvalue weighted by Crippen LogP contribution is -2.41. The summed E-state index contributed by atoms with van der Waals surface area (Å²) in [4.78, 5) is 30.4. The van der Waals surface area contributed by atoms with Gasteiger partial charge in [0.15, 0.2) is 5.82 Å². The van der Waals surface area contributed by atoms with Gasteiger partial charge in [-0.1, -0.05) is 60.7 Å². The second kappa shape index (κ2) is 10.9. The van der Waals surface area contributed by atoms with E-state index in [0.717, 1.165) is 71.6 Å². The zero-order chi connectivity index (χ0) is 29.6. The molecule has 1 fully saturated rings. The van der Waals surface area contributed by atoms with E-state index in [-0.39, 0.29) is 6.03 Å². The molecular formula is C35H36N6O2. The maximum Gasteiger partial charge on any atom is 0.322 e. The molecule has 43 heavy (non-hydrogen) atoms. The Kier molecular flexibility index (Phi) is 6.95. The maximum atomic E-state index is 13.1. The first-order valence-corrected chi connectivity index (χ1v) is 14.9. The van der Waals surface area contributed by atoms with Gasteiger partial charge in [0, 0.05) is 61.3 Å². The summed E-state index contributed by atoms with van der Waals surface area (Å²) in [6.07, 6.45) is 3.48. The number of nitrogens with zero attached hydrogens (tertiary/aromatic N) is 4. The maximum absolute atomic E-state index is 13.1. The van der Waals surface area contributed by atoms with Crippen molar-refractivity contribution >= 4 is 22.8 Å². The molecule has 8 heteroatoms. The van der Waals surface area contributed by atoms with E-state index < -0.39 is 5.60 Å². The number of carbonyl (C=O) groups is 1. The fourth-order valence-corrected chi connectivity index (χ4v) is 6.13. The molecule has 0 atom stereocenters. The smallest absolute Gasteiger partial charge is 0.322 e. The fraction of sp³-hybridized carbons (Fsp3) is 0.286. The van der Waals surface area contributed by atoms with Crippen LogP contribution in [-0.4, -0.2) is 54.6 Å². The topological polar surface area (TPSA) is 97.4 Å². The largest absolute Gasteiger partial charge is 0.390 e. The van der Waals surface area contributed by atoms with Gasteiger partial charge in [0.25, 0.3) is 0 Å². The van der Waals surface area contributed by atoms with Crippen molar-refractivity contribution in [3.63, 3.8) is 0 Å². The number of likely N-dealkylation sites (tertiary alicyclic amines) is 1. The minimum Gasteiger partial charge on any atom is -0.390 e. The first-order valence-electron chi connectivity index (χ1n) is 14.9. The number of carbonyl (C=O) groups excluding carboxylic acids is 1. The molecule has 3 N–H and O–H groups in total. The van der Waals surface area contributed by atoms with Gasteiger partial charge >= 0.3 is 6.03 Å². The highest BCUT2D eigenvalue weighted by atomic mass is 16.3. The Morgan fingerprint density at radius 2 is 1.72 bits per heavy atom. The van der Waals surface area contributed by atoms with Crippen molar-refractivity contribution in [2.24, 2.45) is 0 Å². The molecule has 1 saturated heterocycles. The lowest BCUT2D eigenvalue weighted by Gasteiger charge is -2.35. The van der Waals surface area contributed by atoms with Crippen LogP contribution < -0.4 is 5.32 Å². The number of nitrogens with one attached hydrogen (secondary N) is 2. The molecule has 5 aromatic rings. The number of H-pyrrole nitrogens is 1. The predicted octanol–water partition coefficient (Wildman–Crippen LogP) is 6.49. The Hall–Kier alpha value is -4.53. The van der Waals surface area contributed by atoms with E-state index in [1.165, 1.54) is 16.7 Å². The molecule has 2 aliphatic heterocycles. The van der Waals surface area contributed by atoms with Gasteiger partial charge in [-0.3, -0.25) is 4.90 Å². The quantitative estimate of drug-likeness (QED) is 0.224. The Morgan fingerprint density at radius 1 is 1.00 bits per heavy atom. The first-order chi connectivity index (χ1) is 20.8. The highest BCUT2D eigenvalue weighted by Gasteiger charge is 2.27. The van der Waals surface area contributed by atoms with E-state index >= 15 is 0 Å². The molecule has 0 aliphatic carbocycles. The van der Waals surface area contributed by atoms with Crippen LogP contribution in [0.25, 0.3) is 33.7 Å². The molecule has 0 saturated carbocycles. The zero-order valence-corrected chi connectivity index (χ0v) is 24.6. The summed E-state index contributed by atoms with van der Waals surface area (Å²) in [6, 6.07) is 24.6. The molecule has 2 aromatic heterocycles. The summed E-state index contributed by atoms with van der Waals surface area (Å²) >= 11 is 0. The summed E-state index contributed by atoms with van der Waals surface area (Å²) in [5.41, 5.74) is 8.53. The van der Waals surface area contributed by atoms with Crippen LogP contribution in [0.4, 0.5) is 10.5 Å². The number of rotatable bonds is 5. The third-order valence-corrected chi connectivity index (χ3v) is 8.92. The Morgan fingerprint density at radius 3 is 2.44 bits per heavy atom. The molecule has 2 aliphatic rings. The molecule has 2 amide bonds. The van der Waals surface area contributed by atoms with Gasteiger partial charge in [-0.15, -0.1) is 0 Å². The summed E-state index contributed by atoms with van der Waals surface area (Å²) in [5, 5.41) is 14.3. The van der Waals surface area contributed by atoms with Gasteiger partial charge in [0.1, 0.15) is 5.65 Å². The highest BCUT2D eigenvalue weighted by molar-refractivity contribution is 5.92. The van der Waals surface area contributed by atoms with Crippen molar-refractivity contribution in [3.05, 3.63) is 101 Å². The molecule has 7 rings (SSSR count). The number of anilines is 1. The first kappa shape index (κ1) is 27.3. The number of aliphatic hydroxyl groups is 1. The molecule has 218 valence electrons.